The zero-order valence-electron chi connectivity index (χ0n) is 16.2. The monoisotopic (exact) mass is 503 g/mol. The number of rotatable bonds is 5. The molecule has 3 aromatic rings. The van der Waals surface area contributed by atoms with Crippen LogP contribution in [-0.4, -0.2) is 39.8 Å². The van der Waals surface area contributed by atoms with Crippen LogP contribution in [0, 0.1) is 13.7 Å². The molecule has 0 amide bonds. The Bertz CT molecular complexity index is 1090. The van der Waals surface area contributed by atoms with Crippen molar-refractivity contribution in [1.29, 1.82) is 0 Å². The van der Waals surface area contributed by atoms with Gasteiger partial charge in [0, 0.05) is 56.5 Å². The third-order valence-electron chi connectivity index (χ3n) is 5.77. The molecule has 1 aromatic heterocycles. The maximum atomic E-state index is 13.4. The van der Waals surface area contributed by atoms with Crippen molar-refractivity contribution in [3.63, 3.8) is 0 Å². The molecule has 0 N–H and O–H groups in total. The molecule has 0 saturated carbocycles. The fourth-order valence-electron chi connectivity index (χ4n) is 4.13. The Morgan fingerprint density at radius 2 is 2.00 bits per heavy atom. The summed E-state index contributed by atoms with van der Waals surface area (Å²) in [5, 5.41) is 12.1. The van der Waals surface area contributed by atoms with Gasteiger partial charge in [0.15, 0.2) is 5.78 Å². The Hall–Kier alpha value is -2.26. The highest BCUT2D eigenvalue weighted by Crippen LogP contribution is 2.29. The molecule has 7 heteroatoms. The summed E-state index contributed by atoms with van der Waals surface area (Å²) in [5.41, 5.74) is 1.92. The summed E-state index contributed by atoms with van der Waals surface area (Å²) in [6.07, 6.45) is 5.53. The first-order valence-corrected chi connectivity index (χ1v) is 10.8. The quantitative estimate of drug-likeness (QED) is 0.216. The summed E-state index contributed by atoms with van der Waals surface area (Å²) in [7, 11) is 2.16. The minimum absolute atomic E-state index is 0.0682. The van der Waals surface area contributed by atoms with Gasteiger partial charge in [-0.1, -0.05) is 24.6 Å². The van der Waals surface area contributed by atoms with E-state index in [1.54, 1.807) is 6.07 Å². The van der Waals surface area contributed by atoms with Gasteiger partial charge in [0.1, 0.15) is 0 Å². The number of nitro benzene ring substituents is 1. The molecule has 1 aliphatic rings. The number of likely N-dealkylation sites (tertiary alicyclic amines) is 1. The van der Waals surface area contributed by atoms with Gasteiger partial charge in [-0.15, -0.1) is 0 Å². The predicted octanol–water partition coefficient (Wildman–Crippen LogP) is 4.87. The number of para-hydroxylation sites is 1. The molecule has 1 aliphatic heterocycles. The Morgan fingerprint density at radius 1 is 1.21 bits per heavy atom. The first kappa shape index (κ1) is 20.0. The number of piperidine rings is 1. The number of fused-ring (bicyclic) bond motifs is 1. The van der Waals surface area contributed by atoms with E-state index in [1.165, 1.54) is 25.0 Å². The molecular formula is C22H22IN3O3. The molecule has 4 rings (SSSR count). The van der Waals surface area contributed by atoms with E-state index in [0.29, 0.717) is 20.7 Å². The topological polar surface area (TPSA) is 68.4 Å². The Morgan fingerprint density at radius 3 is 2.76 bits per heavy atom. The molecule has 0 spiro atoms. The molecule has 1 atom stereocenters. The van der Waals surface area contributed by atoms with Crippen LogP contribution < -0.4 is 0 Å². The second-order valence-electron chi connectivity index (χ2n) is 7.59. The fourth-order valence-corrected chi connectivity index (χ4v) is 4.71. The SMILES string of the molecule is CN1CCCC[C@H]1Cn1cc(C(=O)c2cc([N+](=O)[O-])ccc2I)c2ccccc21. The molecule has 150 valence electrons. The van der Waals surface area contributed by atoms with Crippen LogP contribution in [0.4, 0.5) is 5.69 Å². The van der Waals surface area contributed by atoms with Gasteiger partial charge in [-0.2, -0.15) is 0 Å². The first-order valence-electron chi connectivity index (χ1n) is 9.72. The third-order valence-corrected chi connectivity index (χ3v) is 6.71. The van der Waals surface area contributed by atoms with Gasteiger partial charge in [0.25, 0.3) is 5.69 Å². The lowest BCUT2D eigenvalue weighted by atomic mass is 10.0. The van der Waals surface area contributed by atoms with Crippen molar-refractivity contribution in [2.24, 2.45) is 0 Å². The van der Waals surface area contributed by atoms with Crippen LogP contribution in [0.5, 0.6) is 0 Å². The number of likely N-dealkylation sites (N-methyl/N-ethyl adjacent to an activating group) is 1. The summed E-state index contributed by atoms with van der Waals surface area (Å²) >= 11 is 2.06. The largest absolute Gasteiger partial charge is 0.345 e. The number of carbonyl (C=O) groups is 1. The number of non-ortho nitro benzene ring substituents is 1. The zero-order chi connectivity index (χ0) is 20.5. The third kappa shape index (κ3) is 3.93. The van der Waals surface area contributed by atoms with Crippen LogP contribution in [0.1, 0.15) is 35.2 Å². The van der Waals surface area contributed by atoms with Gasteiger partial charge in [-0.25, -0.2) is 0 Å². The number of aromatic nitrogens is 1. The molecule has 0 unspecified atom stereocenters. The number of ketones is 1. The van der Waals surface area contributed by atoms with Gasteiger partial charge in [0.2, 0.25) is 0 Å². The van der Waals surface area contributed by atoms with Gasteiger partial charge < -0.3 is 9.47 Å². The average molecular weight is 503 g/mol. The van der Waals surface area contributed by atoms with E-state index in [0.717, 1.165) is 30.4 Å². The molecular weight excluding hydrogens is 481 g/mol. The fraction of sp³-hybridized carbons (Fsp3) is 0.318. The van der Waals surface area contributed by atoms with Crippen LogP contribution >= 0.6 is 22.6 Å². The van der Waals surface area contributed by atoms with Gasteiger partial charge in [-0.3, -0.25) is 14.9 Å². The van der Waals surface area contributed by atoms with Crippen molar-refractivity contribution in [3.05, 3.63) is 73.5 Å². The van der Waals surface area contributed by atoms with Crippen molar-refractivity contribution in [1.82, 2.24) is 9.47 Å². The molecule has 2 aromatic carbocycles. The number of halogens is 1. The van der Waals surface area contributed by atoms with E-state index in [1.807, 2.05) is 30.5 Å². The normalized spacial score (nSPS) is 17.5. The molecule has 6 nitrogen and oxygen atoms in total. The van der Waals surface area contributed by atoms with Crippen molar-refractivity contribution < 1.29 is 9.72 Å². The minimum atomic E-state index is -0.463. The van der Waals surface area contributed by atoms with Crippen molar-refractivity contribution in [2.75, 3.05) is 13.6 Å². The van der Waals surface area contributed by atoms with Crippen LogP contribution in [0.3, 0.4) is 0 Å². The summed E-state index contributed by atoms with van der Waals surface area (Å²) in [6.45, 7) is 1.93. The number of nitro groups is 1. The summed E-state index contributed by atoms with van der Waals surface area (Å²) in [6, 6.07) is 12.8. The first-order chi connectivity index (χ1) is 14.0. The molecule has 2 heterocycles. The summed E-state index contributed by atoms with van der Waals surface area (Å²) < 4.78 is 2.88. The van der Waals surface area contributed by atoms with Crippen LogP contribution in [0.2, 0.25) is 0 Å². The van der Waals surface area contributed by atoms with Gasteiger partial charge in [-0.05, 0) is 61.2 Å². The Kier molecular flexibility index (Phi) is 5.69. The highest BCUT2D eigenvalue weighted by atomic mass is 127. The van der Waals surface area contributed by atoms with E-state index in [4.69, 9.17) is 0 Å². The highest BCUT2D eigenvalue weighted by Gasteiger charge is 2.24. The lowest BCUT2D eigenvalue weighted by Crippen LogP contribution is -2.39. The van der Waals surface area contributed by atoms with Gasteiger partial charge >= 0.3 is 0 Å². The molecule has 0 aliphatic carbocycles. The summed E-state index contributed by atoms with van der Waals surface area (Å²) in [4.78, 5) is 26.5. The maximum absolute atomic E-state index is 13.4. The average Bonchev–Trinajstić information content (AvgIpc) is 3.08. The van der Waals surface area contributed by atoms with Crippen molar-refractivity contribution in [2.45, 2.75) is 31.8 Å². The lowest BCUT2D eigenvalue weighted by molar-refractivity contribution is -0.384. The molecule has 0 bridgehead atoms. The predicted molar refractivity (Wildman–Crippen MR) is 121 cm³/mol. The van der Waals surface area contributed by atoms with E-state index in [-0.39, 0.29) is 11.5 Å². The standard InChI is InChI=1S/C22H22IN3O3/c1-24-11-5-4-6-16(24)13-25-14-19(17-7-2-3-8-21(17)25)22(27)18-12-15(26(28)29)9-10-20(18)23/h2-3,7-10,12,14,16H,4-6,11,13H2,1H3/t16-/m0/s1. The van der Waals surface area contributed by atoms with Crippen LogP contribution in [0.15, 0.2) is 48.7 Å². The van der Waals surface area contributed by atoms with Crippen molar-refractivity contribution >= 4 is 45.0 Å². The van der Waals surface area contributed by atoms with E-state index in [2.05, 4.69) is 39.1 Å². The number of hydrogen-bond acceptors (Lipinski definition) is 4. The van der Waals surface area contributed by atoms with Gasteiger partial charge in [0.05, 0.1) is 4.92 Å². The number of carbonyl (C=O) groups excluding carboxylic acids is 1. The molecule has 29 heavy (non-hydrogen) atoms. The second kappa shape index (κ2) is 8.23. The number of hydrogen-bond donors (Lipinski definition) is 0. The number of nitrogens with zero attached hydrogens (tertiary/aromatic N) is 3. The summed E-state index contributed by atoms with van der Waals surface area (Å²) in [5.74, 6) is -0.176. The minimum Gasteiger partial charge on any atom is -0.345 e. The molecule has 1 fully saturated rings. The molecule has 1 saturated heterocycles. The molecule has 0 radical (unpaired) electrons. The Labute approximate surface area is 182 Å². The van der Waals surface area contributed by atoms with E-state index < -0.39 is 4.92 Å². The zero-order valence-corrected chi connectivity index (χ0v) is 18.3. The Balaban J connectivity index is 1.76. The number of benzene rings is 2. The van der Waals surface area contributed by atoms with E-state index in [9.17, 15) is 14.9 Å². The van der Waals surface area contributed by atoms with E-state index >= 15 is 0 Å². The van der Waals surface area contributed by atoms with Crippen LogP contribution in [0.25, 0.3) is 10.9 Å². The maximum Gasteiger partial charge on any atom is 0.270 e. The smallest absolute Gasteiger partial charge is 0.270 e. The lowest BCUT2D eigenvalue weighted by Gasteiger charge is -2.32. The second-order valence-corrected chi connectivity index (χ2v) is 8.76. The highest BCUT2D eigenvalue weighted by molar-refractivity contribution is 14.1. The van der Waals surface area contributed by atoms with Crippen LogP contribution in [-0.2, 0) is 6.54 Å². The van der Waals surface area contributed by atoms with Crippen molar-refractivity contribution in [3.8, 4) is 0 Å².